The number of aromatic amines is 1. The van der Waals surface area contributed by atoms with Crippen molar-refractivity contribution in [2.75, 3.05) is 20.2 Å². The molecule has 1 aliphatic rings. The van der Waals surface area contributed by atoms with E-state index in [2.05, 4.69) is 15.2 Å². The van der Waals surface area contributed by atoms with Crippen molar-refractivity contribution in [2.45, 2.75) is 29.7 Å². The van der Waals surface area contributed by atoms with Crippen molar-refractivity contribution in [3.8, 4) is 17.1 Å². The molecule has 1 aromatic heterocycles. The average Bonchev–Trinajstić information content (AvgIpc) is 3.27. The van der Waals surface area contributed by atoms with Gasteiger partial charge in [0.05, 0.1) is 7.11 Å². The van der Waals surface area contributed by atoms with Gasteiger partial charge in [0.25, 0.3) is 0 Å². The highest BCUT2D eigenvalue weighted by Crippen LogP contribution is 2.36. The molecule has 150 valence electrons. The fraction of sp³-hybridized carbons (Fsp3) is 0.318. The standard InChI is InChI=1S/C22H24N4O2S/c1-28-18-12-10-17(11-13-18)20-23-22(25-24-20)29-19(16-8-4-2-5-9-16)21(27)26-14-6-3-7-15-26/h2,4-5,8-13,19H,3,6-7,14-15H2,1H3,(H,23,24,25)/t19-/m0/s1. The van der Waals surface area contributed by atoms with Crippen molar-refractivity contribution in [1.29, 1.82) is 0 Å². The quantitative estimate of drug-likeness (QED) is 0.615. The molecule has 0 bridgehead atoms. The largest absolute Gasteiger partial charge is 0.497 e. The molecule has 2 heterocycles. The number of carbonyl (C=O) groups excluding carboxylic acids is 1. The highest BCUT2D eigenvalue weighted by Gasteiger charge is 2.29. The number of amides is 1. The predicted molar refractivity (Wildman–Crippen MR) is 114 cm³/mol. The van der Waals surface area contributed by atoms with Crippen LogP contribution in [-0.4, -0.2) is 46.2 Å². The highest BCUT2D eigenvalue weighted by molar-refractivity contribution is 8.00. The van der Waals surface area contributed by atoms with E-state index in [4.69, 9.17) is 4.74 Å². The molecule has 0 spiro atoms. The second-order valence-electron chi connectivity index (χ2n) is 6.99. The van der Waals surface area contributed by atoms with Crippen LogP contribution in [0.25, 0.3) is 11.4 Å². The number of nitrogens with one attached hydrogen (secondary N) is 1. The highest BCUT2D eigenvalue weighted by atomic mass is 32.2. The normalized spacial score (nSPS) is 15.1. The maximum Gasteiger partial charge on any atom is 0.240 e. The summed E-state index contributed by atoms with van der Waals surface area (Å²) >= 11 is 1.40. The van der Waals surface area contributed by atoms with Gasteiger partial charge in [0.15, 0.2) is 5.82 Å². The summed E-state index contributed by atoms with van der Waals surface area (Å²) in [4.78, 5) is 19.9. The topological polar surface area (TPSA) is 71.1 Å². The van der Waals surface area contributed by atoms with E-state index in [1.165, 1.54) is 18.2 Å². The first-order chi connectivity index (χ1) is 14.2. The third kappa shape index (κ3) is 4.62. The van der Waals surface area contributed by atoms with Crippen molar-refractivity contribution in [3.05, 3.63) is 60.2 Å². The summed E-state index contributed by atoms with van der Waals surface area (Å²) in [7, 11) is 1.64. The predicted octanol–water partition coefficient (Wildman–Crippen LogP) is 4.33. The average molecular weight is 409 g/mol. The number of methoxy groups -OCH3 is 1. The van der Waals surface area contributed by atoms with Crippen LogP contribution in [0.2, 0.25) is 0 Å². The van der Waals surface area contributed by atoms with Gasteiger partial charge in [0.1, 0.15) is 11.0 Å². The van der Waals surface area contributed by atoms with Gasteiger partial charge in [-0.25, -0.2) is 4.98 Å². The van der Waals surface area contributed by atoms with E-state index >= 15 is 0 Å². The van der Waals surface area contributed by atoms with Crippen molar-refractivity contribution in [3.63, 3.8) is 0 Å². The number of nitrogens with zero attached hydrogens (tertiary/aromatic N) is 3. The molecule has 1 aliphatic heterocycles. The summed E-state index contributed by atoms with van der Waals surface area (Å²) in [6.07, 6.45) is 3.33. The summed E-state index contributed by atoms with van der Waals surface area (Å²) < 4.78 is 5.20. The number of H-pyrrole nitrogens is 1. The van der Waals surface area contributed by atoms with Crippen LogP contribution in [-0.2, 0) is 4.79 Å². The molecule has 0 aliphatic carbocycles. The lowest BCUT2D eigenvalue weighted by molar-refractivity contribution is -0.131. The van der Waals surface area contributed by atoms with Gasteiger partial charge in [-0.3, -0.25) is 9.89 Å². The first kappa shape index (κ1) is 19.5. The Morgan fingerprint density at radius 2 is 1.79 bits per heavy atom. The summed E-state index contributed by atoms with van der Waals surface area (Å²) in [5.74, 6) is 1.60. The van der Waals surface area contributed by atoms with Crippen LogP contribution in [0, 0.1) is 0 Å². The van der Waals surface area contributed by atoms with Gasteiger partial charge in [-0.15, -0.1) is 5.10 Å². The van der Waals surface area contributed by atoms with E-state index in [1.54, 1.807) is 7.11 Å². The molecule has 1 amide bonds. The van der Waals surface area contributed by atoms with Crippen LogP contribution in [0.15, 0.2) is 59.8 Å². The molecule has 0 saturated carbocycles. The minimum absolute atomic E-state index is 0.136. The number of thioether (sulfide) groups is 1. The lowest BCUT2D eigenvalue weighted by atomic mass is 10.1. The van der Waals surface area contributed by atoms with Gasteiger partial charge in [0.2, 0.25) is 11.1 Å². The van der Waals surface area contributed by atoms with Gasteiger partial charge in [-0.2, -0.15) is 0 Å². The Hall–Kier alpha value is -2.80. The summed E-state index contributed by atoms with van der Waals surface area (Å²) in [5, 5.41) is 7.55. The molecule has 3 aromatic rings. The molecule has 1 N–H and O–H groups in total. The Kier molecular flexibility index (Phi) is 6.14. The number of rotatable bonds is 6. The Morgan fingerprint density at radius 1 is 1.07 bits per heavy atom. The lowest BCUT2D eigenvalue weighted by Gasteiger charge is -2.30. The summed E-state index contributed by atoms with van der Waals surface area (Å²) in [5.41, 5.74) is 1.90. The first-order valence-electron chi connectivity index (χ1n) is 9.82. The molecule has 7 heteroatoms. The monoisotopic (exact) mass is 408 g/mol. The van der Waals surface area contributed by atoms with E-state index in [1.807, 2.05) is 59.5 Å². The SMILES string of the molecule is COc1ccc(-c2nc(S[C@H](C(=O)N3CCCCC3)c3ccccc3)n[nH]2)cc1. The van der Waals surface area contributed by atoms with E-state index in [0.29, 0.717) is 11.0 Å². The van der Waals surface area contributed by atoms with Gasteiger partial charge in [0, 0.05) is 18.7 Å². The molecule has 1 fully saturated rings. The minimum Gasteiger partial charge on any atom is -0.497 e. The van der Waals surface area contributed by atoms with Crippen LogP contribution in [0.5, 0.6) is 5.75 Å². The third-order valence-corrected chi connectivity index (χ3v) is 6.15. The van der Waals surface area contributed by atoms with E-state index < -0.39 is 0 Å². The number of ether oxygens (including phenoxy) is 1. The maximum absolute atomic E-state index is 13.3. The number of likely N-dealkylation sites (tertiary alicyclic amines) is 1. The maximum atomic E-state index is 13.3. The van der Waals surface area contributed by atoms with Gasteiger partial charge in [-0.1, -0.05) is 42.1 Å². The fourth-order valence-electron chi connectivity index (χ4n) is 3.45. The zero-order chi connectivity index (χ0) is 20.1. The van der Waals surface area contributed by atoms with Crippen molar-refractivity contribution in [2.24, 2.45) is 0 Å². The van der Waals surface area contributed by atoms with Crippen LogP contribution >= 0.6 is 11.8 Å². The number of benzene rings is 2. The first-order valence-corrected chi connectivity index (χ1v) is 10.7. The number of aromatic nitrogens is 3. The second-order valence-corrected chi connectivity index (χ2v) is 8.06. The van der Waals surface area contributed by atoms with E-state index in [9.17, 15) is 4.79 Å². The Morgan fingerprint density at radius 3 is 2.48 bits per heavy atom. The van der Waals surface area contributed by atoms with Crippen LogP contribution in [0.3, 0.4) is 0 Å². The Balaban J connectivity index is 1.56. The number of hydrogen-bond donors (Lipinski definition) is 1. The molecule has 29 heavy (non-hydrogen) atoms. The molecule has 0 radical (unpaired) electrons. The molecule has 4 rings (SSSR count). The van der Waals surface area contributed by atoms with Crippen LogP contribution < -0.4 is 4.74 Å². The Bertz CT molecular complexity index is 937. The molecule has 6 nitrogen and oxygen atoms in total. The number of carbonyl (C=O) groups is 1. The van der Waals surface area contributed by atoms with Gasteiger partial charge in [-0.05, 0) is 49.1 Å². The molecule has 2 aromatic carbocycles. The molecule has 0 unspecified atom stereocenters. The number of piperidine rings is 1. The number of hydrogen-bond acceptors (Lipinski definition) is 5. The summed E-state index contributed by atoms with van der Waals surface area (Å²) in [6.45, 7) is 1.65. The Labute approximate surface area is 174 Å². The zero-order valence-corrected chi connectivity index (χ0v) is 17.2. The zero-order valence-electron chi connectivity index (χ0n) is 16.4. The van der Waals surface area contributed by atoms with E-state index in [-0.39, 0.29) is 11.2 Å². The van der Waals surface area contributed by atoms with Crippen molar-refractivity contribution < 1.29 is 9.53 Å². The van der Waals surface area contributed by atoms with Crippen molar-refractivity contribution in [1.82, 2.24) is 20.1 Å². The minimum atomic E-state index is -0.353. The second kappa shape index (κ2) is 9.13. The third-order valence-electron chi connectivity index (χ3n) is 5.05. The summed E-state index contributed by atoms with van der Waals surface area (Å²) in [6, 6.07) is 17.5. The molecule has 1 saturated heterocycles. The van der Waals surface area contributed by atoms with Crippen LogP contribution in [0.4, 0.5) is 0 Å². The molecular formula is C22H24N4O2S. The van der Waals surface area contributed by atoms with Gasteiger partial charge >= 0.3 is 0 Å². The van der Waals surface area contributed by atoms with Crippen molar-refractivity contribution >= 4 is 17.7 Å². The lowest BCUT2D eigenvalue weighted by Crippen LogP contribution is -2.38. The van der Waals surface area contributed by atoms with Crippen LogP contribution in [0.1, 0.15) is 30.1 Å². The van der Waals surface area contributed by atoms with E-state index in [0.717, 1.165) is 42.8 Å². The smallest absolute Gasteiger partial charge is 0.240 e. The molecular weight excluding hydrogens is 384 g/mol. The fourth-order valence-corrected chi connectivity index (χ4v) is 4.45. The molecule has 1 atom stereocenters. The van der Waals surface area contributed by atoms with Gasteiger partial charge < -0.3 is 9.64 Å².